The van der Waals surface area contributed by atoms with E-state index in [0.717, 1.165) is 76.0 Å². The molecule has 0 spiro atoms. The zero-order valence-corrected chi connectivity index (χ0v) is 15.1. The van der Waals surface area contributed by atoms with E-state index in [2.05, 4.69) is 20.9 Å². The molecule has 1 aromatic rings. The van der Waals surface area contributed by atoms with Crippen LogP contribution in [0.2, 0.25) is 0 Å². The van der Waals surface area contributed by atoms with Crippen LogP contribution in [0.5, 0.6) is 0 Å². The number of aromatic nitrogens is 2. The molecule has 0 aliphatic carbocycles. The number of piperidine rings is 1. The molecule has 1 amide bonds. The lowest BCUT2D eigenvalue weighted by atomic mass is 9.94. The van der Waals surface area contributed by atoms with Gasteiger partial charge in [-0.25, -0.2) is 9.97 Å². The van der Waals surface area contributed by atoms with Gasteiger partial charge < -0.3 is 20.3 Å². The Balaban J connectivity index is 1.71. The highest BCUT2D eigenvalue weighted by molar-refractivity contribution is 5.76. The van der Waals surface area contributed by atoms with E-state index >= 15 is 0 Å². The molecule has 1 atom stereocenters. The Morgan fingerprint density at radius 3 is 2.88 bits per heavy atom. The van der Waals surface area contributed by atoms with Gasteiger partial charge in [0.1, 0.15) is 11.6 Å². The fraction of sp³-hybridized carbons (Fsp3) is 0.722. The highest BCUT2D eigenvalue weighted by Crippen LogP contribution is 2.28. The summed E-state index contributed by atoms with van der Waals surface area (Å²) in [6.07, 6.45) is 3.40. The van der Waals surface area contributed by atoms with Gasteiger partial charge in [-0.1, -0.05) is 0 Å². The second kappa shape index (κ2) is 8.58. The minimum Gasteiger partial charge on any atom is -0.378 e. The first-order valence-electron chi connectivity index (χ1n) is 9.33. The van der Waals surface area contributed by atoms with Crippen molar-refractivity contribution < 1.29 is 9.53 Å². The van der Waals surface area contributed by atoms with E-state index < -0.39 is 0 Å². The van der Waals surface area contributed by atoms with Crippen LogP contribution in [0.25, 0.3) is 0 Å². The van der Waals surface area contributed by atoms with E-state index in [1.807, 2.05) is 11.8 Å². The summed E-state index contributed by atoms with van der Waals surface area (Å²) >= 11 is 0. The maximum atomic E-state index is 12.3. The van der Waals surface area contributed by atoms with Gasteiger partial charge in [-0.2, -0.15) is 0 Å². The number of aryl methyl sites for hydroxylation is 1. The number of morpholine rings is 1. The van der Waals surface area contributed by atoms with Gasteiger partial charge in [-0.3, -0.25) is 4.79 Å². The average Bonchev–Trinajstić information content (AvgIpc) is 2.66. The third-order valence-corrected chi connectivity index (χ3v) is 4.97. The van der Waals surface area contributed by atoms with Crippen molar-refractivity contribution in [2.24, 2.45) is 5.73 Å². The standard InChI is InChI=1S/C18H29N5O2/c1-14-20-16(12-17(21-14)22-8-10-25-11-9-22)15-4-3-7-23(13-15)18(24)5-2-6-19/h12,15H,2-11,13,19H2,1H3. The van der Waals surface area contributed by atoms with Crippen LogP contribution < -0.4 is 10.6 Å². The number of amides is 1. The molecule has 1 unspecified atom stereocenters. The maximum absolute atomic E-state index is 12.3. The summed E-state index contributed by atoms with van der Waals surface area (Å²) in [5.74, 6) is 2.29. The van der Waals surface area contributed by atoms with Crippen molar-refractivity contribution in [3.05, 3.63) is 17.6 Å². The molecule has 7 nitrogen and oxygen atoms in total. The molecule has 2 saturated heterocycles. The highest BCUT2D eigenvalue weighted by Gasteiger charge is 2.26. The normalized spacial score (nSPS) is 21.4. The summed E-state index contributed by atoms with van der Waals surface area (Å²) in [4.78, 5) is 25.9. The van der Waals surface area contributed by atoms with Gasteiger partial charge in [0.2, 0.25) is 5.91 Å². The van der Waals surface area contributed by atoms with E-state index in [1.165, 1.54) is 0 Å². The van der Waals surface area contributed by atoms with Crippen molar-refractivity contribution in [2.45, 2.75) is 38.5 Å². The fourth-order valence-corrected chi connectivity index (χ4v) is 3.59. The minimum absolute atomic E-state index is 0.217. The van der Waals surface area contributed by atoms with Gasteiger partial charge >= 0.3 is 0 Å². The number of hydrogen-bond donors (Lipinski definition) is 1. The molecule has 3 heterocycles. The Morgan fingerprint density at radius 2 is 2.12 bits per heavy atom. The lowest BCUT2D eigenvalue weighted by Gasteiger charge is -2.33. The summed E-state index contributed by atoms with van der Waals surface area (Å²) in [7, 11) is 0. The molecule has 0 radical (unpaired) electrons. The molecule has 138 valence electrons. The van der Waals surface area contributed by atoms with Crippen LogP contribution in [0.1, 0.15) is 43.1 Å². The topological polar surface area (TPSA) is 84.6 Å². The van der Waals surface area contributed by atoms with Crippen molar-refractivity contribution in [3.8, 4) is 0 Å². The number of carbonyl (C=O) groups excluding carboxylic acids is 1. The second-order valence-corrected chi connectivity index (χ2v) is 6.87. The van der Waals surface area contributed by atoms with Crippen LogP contribution in [0.4, 0.5) is 5.82 Å². The highest BCUT2D eigenvalue weighted by atomic mass is 16.5. The van der Waals surface area contributed by atoms with E-state index in [4.69, 9.17) is 10.5 Å². The molecule has 1 aromatic heterocycles. The van der Waals surface area contributed by atoms with Crippen molar-refractivity contribution in [2.75, 3.05) is 50.8 Å². The Kier molecular flexibility index (Phi) is 6.20. The van der Waals surface area contributed by atoms with E-state index in [1.54, 1.807) is 0 Å². The zero-order chi connectivity index (χ0) is 17.6. The first kappa shape index (κ1) is 18.1. The van der Waals surface area contributed by atoms with Crippen molar-refractivity contribution in [3.63, 3.8) is 0 Å². The predicted molar refractivity (Wildman–Crippen MR) is 96.6 cm³/mol. The van der Waals surface area contributed by atoms with Crippen molar-refractivity contribution in [1.29, 1.82) is 0 Å². The molecule has 2 fully saturated rings. The number of likely N-dealkylation sites (tertiary alicyclic amines) is 1. The summed E-state index contributed by atoms with van der Waals surface area (Å²) in [5.41, 5.74) is 6.59. The van der Waals surface area contributed by atoms with Gasteiger partial charge in [-0.15, -0.1) is 0 Å². The number of nitrogens with two attached hydrogens (primary N) is 1. The number of hydrogen-bond acceptors (Lipinski definition) is 6. The summed E-state index contributed by atoms with van der Waals surface area (Å²) in [5, 5.41) is 0. The maximum Gasteiger partial charge on any atom is 0.222 e. The molecule has 2 aliphatic heterocycles. The van der Waals surface area contributed by atoms with Crippen LogP contribution in [-0.2, 0) is 9.53 Å². The molecule has 2 aliphatic rings. The molecule has 25 heavy (non-hydrogen) atoms. The van der Waals surface area contributed by atoms with Crippen LogP contribution >= 0.6 is 0 Å². The van der Waals surface area contributed by atoms with Crippen molar-refractivity contribution in [1.82, 2.24) is 14.9 Å². The Labute approximate surface area is 149 Å². The fourth-order valence-electron chi connectivity index (χ4n) is 3.59. The lowest BCUT2D eigenvalue weighted by Crippen LogP contribution is -2.40. The Hall–Kier alpha value is -1.73. The molecule has 2 N–H and O–H groups in total. The smallest absolute Gasteiger partial charge is 0.222 e. The number of nitrogens with zero attached hydrogens (tertiary/aromatic N) is 4. The largest absolute Gasteiger partial charge is 0.378 e. The minimum atomic E-state index is 0.217. The van der Waals surface area contributed by atoms with Crippen molar-refractivity contribution >= 4 is 11.7 Å². The van der Waals surface area contributed by atoms with Crippen LogP contribution in [0, 0.1) is 6.92 Å². The lowest BCUT2D eigenvalue weighted by molar-refractivity contribution is -0.132. The van der Waals surface area contributed by atoms with Crippen LogP contribution in [0.15, 0.2) is 6.07 Å². The zero-order valence-electron chi connectivity index (χ0n) is 15.1. The molecule has 0 bridgehead atoms. The SMILES string of the molecule is Cc1nc(C2CCCN(C(=O)CCCN)C2)cc(N2CCOCC2)n1. The second-order valence-electron chi connectivity index (χ2n) is 6.87. The number of rotatable bonds is 5. The molecule has 3 rings (SSSR count). The summed E-state index contributed by atoms with van der Waals surface area (Å²) in [6.45, 7) is 7.32. The number of anilines is 1. The average molecular weight is 347 g/mol. The Bertz CT molecular complexity index is 589. The van der Waals surface area contributed by atoms with E-state index in [0.29, 0.717) is 13.0 Å². The first-order chi connectivity index (χ1) is 12.2. The van der Waals surface area contributed by atoms with E-state index in [9.17, 15) is 4.79 Å². The van der Waals surface area contributed by atoms with Gasteiger partial charge in [0, 0.05) is 44.6 Å². The van der Waals surface area contributed by atoms with Gasteiger partial charge in [0.25, 0.3) is 0 Å². The summed E-state index contributed by atoms with van der Waals surface area (Å²) in [6, 6.07) is 2.11. The third-order valence-electron chi connectivity index (χ3n) is 4.97. The van der Waals surface area contributed by atoms with Crippen LogP contribution in [-0.4, -0.2) is 66.7 Å². The Morgan fingerprint density at radius 1 is 1.32 bits per heavy atom. The van der Waals surface area contributed by atoms with Gasteiger partial charge in [0.15, 0.2) is 0 Å². The molecule has 7 heteroatoms. The van der Waals surface area contributed by atoms with Crippen LogP contribution in [0.3, 0.4) is 0 Å². The predicted octanol–water partition coefficient (Wildman–Crippen LogP) is 1.07. The first-order valence-corrected chi connectivity index (χ1v) is 9.33. The molecule has 0 saturated carbocycles. The molecular weight excluding hydrogens is 318 g/mol. The van der Waals surface area contributed by atoms with Gasteiger partial charge in [0.05, 0.1) is 18.9 Å². The summed E-state index contributed by atoms with van der Waals surface area (Å²) < 4.78 is 5.43. The number of ether oxygens (including phenoxy) is 1. The third kappa shape index (κ3) is 4.67. The monoisotopic (exact) mass is 347 g/mol. The van der Waals surface area contributed by atoms with Gasteiger partial charge in [-0.05, 0) is 32.7 Å². The molecule has 0 aromatic carbocycles. The molecular formula is C18H29N5O2. The van der Waals surface area contributed by atoms with E-state index in [-0.39, 0.29) is 11.8 Å². The number of carbonyl (C=O) groups is 1. The quantitative estimate of drug-likeness (QED) is 0.857.